The Balaban J connectivity index is 0.000000181. The van der Waals surface area contributed by atoms with Crippen LogP contribution in [0.5, 0.6) is 0 Å². The molecule has 227 valence electrons. The summed E-state index contributed by atoms with van der Waals surface area (Å²) in [5.74, 6) is 0.534. The van der Waals surface area contributed by atoms with E-state index >= 15 is 0 Å². The van der Waals surface area contributed by atoms with Gasteiger partial charge in [0.15, 0.2) is 0 Å². The van der Waals surface area contributed by atoms with E-state index in [1.807, 2.05) is 41.8 Å². The molecule has 0 N–H and O–H groups in total. The van der Waals surface area contributed by atoms with Crippen LogP contribution in [0, 0.1) is 12.1 Å². The van der Waals surface area contributed by atoms with Crippen molar-refractivity contribution in [3.8, 4) is 33.6 Å². The Morgan fingerprint density at radius 3 is 2.13 bits per heavy atom. The number of hydrogen-bond acceptors (Lipinski definition) is 3. The van der Waals surface area contributed by atoms with Gasteiger partial charge in [0.2, 0.25) is 0 Å². The molecule has 3 aromatic heterocycles. The van der Waals surface area contributed by atoms with Crippen LogP contribution in [0.2, 0.25) is 19.6 Å². The van der Waals surface area contributed by atoms with Gasteiger partial charge >= 0.3 is 0 Å². The van der Waals surface area contributed by atoms with Crippen LogP contribution in [0.4, 0.5) is 0 Å². The molecule has 3 heterocycles. The van der Waals surface area contributed by atoms with Crippen LogP contribution >= 0.6 is 11.3 Å². The van der Waals surface area contributed by atoms with Gasteiger partial charge in [-0.15, -0.1) is 59.7 Å². The minimum Gasteiger partial charge on any atom is -0.305 e. The third kappa shape index (κ3) is 7.40. The van der Waals surface area contributed by atoms with E-state index in [4.69, 9.17) is 0 Å². The van der Waals surface area contributed by atoms with E-state index < -0.39 is 8.07 Å². The summed E-state index contributed by atoms with van der Waals surface area (Å²) in [4.78, 5) is 9.23. The van der Waals surface area contributed by atoms with E-state index in [9.17, 15) is 0 Å². The number of rotatable bonds is 5. The second-order valence-corrected chi connectivity index (χ2v) is 18.5. The number of thiophene rings is 1. The quantitative estimate of drug-likeness (QED) is 0.128. The second kappa shape index (κ2) is 14.1. The summed E-state index contributed by atoms with van der Waals surface area (Å²) in [6.45, 7) is 11.7. The summed E-state index contributed by atoms with van der Waals surface area (Å²) in [6, 6.07) is 44.4. The van der Waals surface area contributed by atoms with Crippen molar-refractivity contribution in [1.29, 1.82) is 0 Å². The minimum absolute atomic E-state index is 0. The number of nitrogens with zero attached hydrogens (tertiary/aromatic N) is 2. The summed E-state index contributed by atoms with van der Waals surface area (Å²) >= 11 is 1.82. The summed E-state index contributed by atoms with van der Waals surface area (Å²) in [6.07, 6.45) is 3.97. The molecular formula is C40H36IrN2SSi-2. The first-order valence-electron chi connectivity index (χ1n) is 15.1. The first kappa shape index (κ1) is 32.7. The Hall–Kier alpha value is -3.73. The van der Waals surface area contributed by atoms with Crippen molar-refractivity contribution < 1.29 is 20.1 Å². The molecule has 0 spiro atoms. The van der Waals surface area contributed by atoms with Crippen LogP contribution < -0.4 is 5.19 Å². The van der Waals surface area contributed by atoms with Gasteiger partial charge < -0.3 is 9.97 Å². The van der Waals surface area contributed by atoms with Crippen LogP contribution in [0.3, 0.4) is 0 Å². The maximum absolute atomic E-state index is 4.66. The van der Waals surface area contributed by atoms with Gasteiger partial charge in [-0.1, -0.05) is 105 Å². The van der Waals surface area contributed by atoms with Crippen molar-refractivity contribution in [2.45, 2.75) is 39.4 Å². The van der Waals surface area contributed by atoms with E-state index in [2.05, 4.69) is 147 Å². The van der Waals surface area contributed by atoms with Crippen molar-refractivity contribution in [3.63, 3.8) is 0 Å². The van der Waals surface area contributed by atoms with Crippen LogP contribution in [0.15, 0.2) is 122 Å². The van der Waals surface area contributed by atoms with Gasteiger partial charge in [-0.2, -0.15) is 11.3 Å². The zero-order chi connectivity index (χ0) is 30.7. The van der Waals surface area contributed by atoms with E-state index in [0.717, 1.165) is 22.5 Å². The summed E-state index contributed by atoms with van der Waals surface area (Å²) in [7, 11) is -1.34. The zero-order valence-electron chi connectivity index (χ0n) is 26.3. The van der Waals surface area contributed by atoms with E-state index in [1.165, 1.54) is 42.0 Å². The summed E-state index contributed by atoms with van der Waals surface area (Å²) < 4.78 is 2.59. The van der Waals surface area contributed by atoms with Gasteiger partial charge in [0.1, 0.15) is 0 Å². The number of fused-ring (bicyclic) bond motifs is 3. The van der Waals surface area contributed by atoms with E-state index in [-0.39, 0.29) is 20.1 Å². The smallest absolute Gasteiger partial charge is 0.0799 e. The molecule has 0 saturated heterocycles. The van der Waals surface area contributed by atoms with Gasteiger partial charge in [-0.25, -0.2) is 0 Å². The zero-order valence-corrected chi connectivity index (χ0v) is 30.5. The predicted octanol–water partition coefficient (Wildman–Crippen LogP) is 10.8. The molecule has 4 aromatic carbocycles. The average Bonchev–Trinajstić information content (AvgIpc) is 3.43. The maximum Gasteiger partial charge on any atom is 0.0799 e. The molecule has 7 rings (SSSR count). The fourth-order valence-corrected chi connectivity index (χ4v) is 8.28. The molecule has 0 aliphatic rings. The first-order chi connectivity index (χ1) is 21.3. The topological polar surface area (TPSA) is 25.8 Å². The minimum atomic E-state index is -1.34. The number of hydrogen-bond donors (Lipinski definition) is 0. The summed E-state index contributed by atoms with van der Waals surface area (Å²) in [5, 5.41) is 4.04. The molecule has 2 nitrogen and oxygen atoms in total. The molecule has 1 radical (unpaired) electrons. The van der Waals surface area contributed by atoms with Crippen LogP contribution in [-0.4, -0.2) is 18.0 Å². The Morgan fingerprint density at radius 2 is 1.40 bits per heavy atom. The number of aromatic nitrogens is 2. The van der Waals surface area contributed by atoms with Gasteiger partial charge in [0.25, 0.3) is 0 Å². The molecule has 0 saturated carbocycles. The predicted molar refractivity (Wildman–Crippen MR) is 192 cm³/mol. The standard InChI is InChI=1S/C23H14NS.C17H22NSi.Ir/c1-2-6-16(7-3-1)17-12-13-24-21(14-17)18-10-11-20-19-8-4-5-9-22(19)25-23(20)15-18;1-13(2)15-11-16(14-9-7-6-8-10-14)18-12-17(15)19(3,4)5;/h1-9,11-15H;6-9,11-13H,1-5H3;/q2*-1;. The molecule has 0 bridgehead atoms. The third-order valence-corrected chi connectivity index (χ3v) is 11.0. The first-order valence-corrected chi connectivity index (χ1v) is 19.4. The van der Waals surface area contributed by atoms with Crippen molar-refractivity contribution in [2.24, 2.45) is 0 Å². The largest absolute Gasteiger partial charge is 0.305 e. The SMILES string of the molecule is CC(C)c1cc(-c2[c-]cccc2)ncc1[Si](C)(C)C.[Ir].[c-]1cc2c(cc1-c1cc(-c3ccccc3)ccn1)sc1ccccc12. The van der Waals surface area contributed by atoms with Gasteiger partial charge in [0, 0.05) is 37.2 Å². The molecule has 45 heavy (non-hydrogen) atoms. The molecule has 0 fully saturated rings. The van der Waals surface area contributed by atoms with Gasteiger partial charge in [0.05, 0.1) is 8.07 Å². The molecule has 0 amide bonds. The Labute approximate surface area is 285 Å². The molecule has 0 unspecified atom stereocenters. The Kier molecular flexibility index (Phi) is 10.3. The van der Waals surface area contributed by atoms with E-state index in [0.29, 0.717) is 5.92 Å². The molecule has 0 atom stereocenters. The molecule has 7 aromatic rings. The molecule has 0 aliphatic carbocycles. The van der Waals surface area contributed by atoms with Crippen molar-refractivity contribution in [1.82, 2.24) is 9.97 Å². The van der Waals surface area contributed by atoms with Crippen LogP contribution in [-0.2, 0) is 20.1 Å². The third-order valence-electron chi connectivity index (χ3n) is 7.80. The fourth-order valence-electron chi connectivity index (χ4n) is 5.47. The normalized spacial score (nSPS) is 11.2. The maximum atomic E-state index is 4.66. The Morgan fingerprint density at radius 1 is 0.667 bits per heavy atom. The van der Waals surface area contributed by atoms with Crippen molar-refractivity contribution >= 4 is 44.8 Å². The van der Waals surface area contributed by atoms with Gasteiger partial charge in [-0.05, 0) is 55.8 Å². The van der Waals surface area contributed by atoms with E-state index in [1.54, 1.807) is 0 Å². The number of benzene rings is 4. The van der Waals surface area contributed by atoms with Crippen LogP contribution in [0.25, 0.3) is 53.8 Å². The van der Waals surface area contributed by atoms with Crippen molar-refractivity contribution in [3.05, 3.63) is 139 Å². The summed E-state index contributed by atoms with van der Waals surface area (Å²) in [5.41, 5.74) is 7.93. The molecule has 5 heteroatoms. The fraction of sp³-hybridized carbons (Fsp3) is 0.150. The Bertz CT molecular complexity index is 2030. The number of pyridine rings is 2. The van der Waals surface area contributed by atoms with Crippen molar-refractivity contribution in [2.75, 3.05) is 0 Å². The molecule has 0 aliphatic heterocycles. The van der Waals surface area contributed by atoms with Crippen LogP contribution in [0.1, 0.15) is 25.3 Å². The van der Waals surface area contributed by atoms with Gasteiger partial charge in [-0.3, -0.25) is 0 Å². The monoisotopic (exact) mass is 797 g/mol. The average molecular weight is 797 g/mol. The second-order valence-electron chi connectivity index (χ2n) is 12.4. The molecular weight excluding hydrogens is 761 g/mol.